The highest BCUT2D eigenvalue weighted by atomic mass is 32.1. The van der Waals surface area contributed by atoms with E-state index in [1.807, 2.05) is 0 Å². The van der Waals surface area contributed by atoms with Crippen molar-refractivity contribution < 1.29 is 22.4 Å². The number of piperidine rings is 1. The summed E-state index contributed by atoms with van der Waals surface area (Å²) < 4.78 is 53.4. The number of thiazole rings is 1. The van der Waals surface area contributed by atoms with Crippen molar-refractivity contribution in [2.24, 2.45) is 5.92 Å². The lowest BCUT2D eigenvalue weighted by Crippen LogP contribution is -2.50. The summed E-state index contributed by atoms with van der Waals surface area (Å²) in [6.07, 6.45) is 0.0261. The molecule has 2 aromatic heterocycles. The molecule has 1 aliphatic heterocycles. The van der Waals surface area contributed by atoms with Crippen LogP contribution in [0.3, 0.4) is 0 Å². The number of anilines is 1. The Morgan fingerprint density at radius 2 is 1.96 bits per heavy atom. The summed E-state index contributed by atoms with van der Waals surface area (Å²) in [5.74, 6) is -0.480. The van der Waals surface area contributed by atoms with Crippen LogP contribution >= 0.6 is 11.3 Å². The average molecular weight is 417 g/mol. The number of likely N-dealkylation sites (tertiary alicyclic amines) is 1. The molecule has 152 valence electrons. The molecule has 6 nitrogen and oxygen atoms in total. The number of carbonyl (C=O) groups excluding carboxylic acids is 1. The molecule has 1 amide bonds. The van der Waals surface area contributed by atoms with Crippen molar-refractivity contribution >= 4 is 22.4 Å². The van der Waals surface area contributed by atoms with Crippen LogP contribution in [0.1, 0.15) is 30.5 Å². The van der Waals surface area contributed by atoms with Gasteiger partial charge in [-0.3, -0.25) is 9.69 Å². The fourth-order valence-electron chi connectivity index (χ4n) is 3.33. The number of hydrogen-bond acceptors (Lipinski definition) is 6. The molecule has 2 atom stereocenters. The van der Waals surface area contributed by atoms with E-state index in [1.54, 1.807) is 0 Å². The highest BCUT2D eigenvalue weighted by Crippen LogP contribution is 2.36. The van der Waals surface area contributed by atoms with Crippen molar-refractivity contribution in [2.45, 2.75) is 44.9 Å². The van der Waals surface area contributed by atoms with E-state index in [4.69, 9.17) is 0 Å². The van der Waals surface area contributed by atoms with Gasteiger partial charge in [0.05, 0.1) is 12.4 Å². The third kappa shape index (κ3) is 5.44. The van der Waals surface area contributed by atoms with Crippen LogP contribution in [0.25, 0.3) is 0 Å². The minimum atomic E-state index is -4.33. The number of carbonyl (C=O) groups is 1. The molecule has 0 saturated carbocycles. The summed E-state index contributed by atoms with van der Waals surface area (Å²) >= 11 is 1.16. The van der Waals surface area contributed by atoms with Gasteiger partial charge >= 0.3 is 6.18 Å². The van der Waals surface area contributed by atoms with Crippen LogP contribution in [0.4, 0.5) is 22.7 Å². The molecule has 0 aliphatic carbocycles. The lowest BCUT2D eigenvalue weighted by Gasteiger charge is -2.40. The summed E-state index contributed by atoms with van der Waals surface area (Å²) in [5.41, 5.74) is 0. The number of nitrogens with one attached hydrogen (secondary N) is 1. The molecule has 1 N–H and O–H groups in total. The minimum absolute atomic E-state index is 0.0211. The normalized spacial score (nSPS) is 20.9. The third-order valence-corrected chi connectivity index (χ3v) is 5.40. The molecule has 3 rings (SSSR count). The summed E-state index contributed by atoms with van der Waals surface area (Å²) in [6.45, 7) is 1.65. The first-order valence-electron chi connectivity index (χ1n) is 8.70. The highest BCUT2D eigenvalue weighted by Gasteiger charge is 2.46. The third-order valence-electron chi connectivity index (χ3n) is 4.50. The number of alkyl halides is 3. The minimum Gasteiger partial charge on any atom is -0.302 e. The van der Waals surface area contributed by atoms with E-state index in [9.17, 15) is 22.4 Å². The molecule has 2 aromatic rings. The van der Waals surface area contributed by atoms with Gasteiger partial charge in [0.1, 0.15) is 11.9 Å². The molecule has 2 unspecified atom stereocenters. The second kappa shape index (κ2) is 8.48. The maximum atomic E-state index is 13.5. The standard InChI is InChI=1S/C17H19F4N5OS/c1-10(27)25-16-24-7-13(28-16)9-26-8-11(2-3-14(26)17(19,20)21)4-15-22-5-12(18)6-23-15/h5-7,11,14H,2-4,8-9H2,1H3,(H,24,25,27). The lowest BCUT2D eigenvalue weighted by atomic mass is 9.89. The molecule has 0 bridgehead atoms. The fraction of sp³-hybridized carbons (Fsp3) is 0.529. The van der Waals surface area contributed by atoms with Crippen molar-refractivity contribution in [1.82, 2.24) is 19.9 Å². The second-order valence-corrected chi connectivity index (χ2v) is 7.88. The quantitative estimate of drug-likeness (QED) is 0.755. The van der Waals surface area contributed by atoms with Gasteiger partial charge in [0.25, 0.3) is 0 Å². The molecular formula is C17H19F4N5OS. The van der Waals surface area contributed by atoms with E-state index in [0.717, 1.165) is 23.7 Å². The number of halogens is 4. The van der Waals surface area contributed by atoms with Gasteiger partial charge in [-0.1, -0.05) is 0 Å². The Bertz CT molecular complexity index is 811. The first-order chi connectivity index (χ1) is 13.2. The van der Waals surface area contributed by atoms with Gasteiger partial charge in [-0.2, -0.15) is 13.2 Å². The van der Waals surface area contributed by atoms with Crippen LogP contribution < -0.4 is 5.32 Å². The zero-order chi connectivity index (χ0) is 20.3. The van der Waals surface area contributed by atoms with Gasteiger partial charge in [-0.25, -0.2) is 19.3 Å². The number of aromatic nitrogens is 3. The smallest absolute Gasteiger partial charge is 0.302 e. The first kappa shape index (κ1) is 20.6. The monoisotopic (exact) mass is 417 g/mol. The van der Waals surface area contributed by atoms with Gasteiger partial charge in [0.2, 0.25) is 5.91 Å². The van der Waals surface area contributed by atoms with E-state index in [2.05, 4.69) is 20.3 Å². The molecule has 28 heavy (non-hydrogen) atoms. The van der Waals surface area contributed by atoms with E-state index in [1.165, 1.54) is 18.0 Å². The predicted octanol–water partition coefficient (Wildman–Crippen LogP) is 3.42. The number of rotatable bonds is 5. The van der Waals surface area contributed by atoms with Crippen molar-refractivity contribution in [2.75, 3.05) is 11.9 Å². The van der Waals surface area contributed by atoms with E-state index < -0.39 is 18.0 Å². The van der Waals surface area contributed by atoms with Crippen molar-refractivity contribution in [1.29, 1.82) is 0 Å². The van der Waals surface area contributed by atoms with Gasteiger partial charge < -0.3 is 5.32 Å². The summed E-state index contributed by atoms with van der Waals surface area (Å²) in [4.78, 5) is 25.0. The molecule has 3 heterocycles. The van der Waals surface area contributed by atoms with Gasteiger partial charge in [-0.05, 0) is 18.8 Å². The van der Waals surface area contributed by atoms with Crippen LogP contribution in [-0.4, -0.2) is 44.5 Å². The van der Waals surface area contributed by atoms with Crippen LogP contribution in [0.15, 0.2) is 18.6 Å². The predicted molar refractivity (Wildman–Crippen MR) is 95.1 cm³/mol. The Kier molecular flexibility index (Phi) is 6.23. The zero-order valence-electron chi connectivity index (χ0n) is 15.0. The first-order valence-corrected chi connectivity index (χ1v) is 9.52. The average Bonchev–Trinajstić information content (AvgIpc) is 3.02. The zero-order valence-corrected chi connectivity index (χ0v) is 15.9. The van der Waals surface area contributed by atoms with E-state index in [0.29, 0.717) is 28.7 Å². The summed E-state index contributed by atoms with van der Waals surface area (Å²) in [7, 11) is 0. The van der Waals surface area contributed by atoms with Crippen LogP contribution in [0.5, 0.6) is 0 Å². The number of amides is 1. The molecule has 0 radical (unpaired) electrons. The molecule has 0 spiro atoms. The Balaban J connectivity index is 1.70. The lowest BCUT2D eigenvalue weighted by molar-refractivity contribution is -0.196. The maximum Gasteiger partial charge on any atom is 0.404 e. The van der Waals surface area contributed by atoms with E-state index in [-0.39, 0.29) is 31.3 Å². The Labute approximate surface area is 163 Å². The van der Waals surface area contributed by atoms with Gasteiger partial charge in [0.15, 0.2) is 10.9 Å². The maximum absolute atomic E-state index is 13.5. The van der Waals surface area contributed by atoms with Gasteiger partial charge in [-0.15, -0.1) is 11.3 Å². The van der Waals surface area contributed by atoms with Crippen LogP contribution in [0.2, 0.25) is 0 Å². The fourth-order valence-corrected chi connectivity index (χ4v) is 4.21. The second-order valence-electron chi connectivity index (χ2n) is 6.76. The number of hydrogen-bond donors (Lipinski definition) is 1. The molecular weight excluding hydrogens is 398 g/mol. The highest BCUT2D eigenvalue weighted by molar-refractivity contribution is 7.15. The molecule has 11 heteroatoms. The molecule has 1 aliphatic rings. The molecule has 1 saturated heterocycles. The van der Waals surface area contributed by atoms with Crippen LogP contribution in [-0.2, 0) is 17.8 Å². The molecule has 1 fully saturated rings. The summed E-state index contributed by atoms with van der Waals surface area (Å²) in [5, 5.41) is 2.89. The van der Waals surface area contributed by atoms with Gasteiger partial charge in [0, 0.05) is 37.5 Å². The van der Waals surface area contributed by atoms with Crippen molar-refractivity contribution in [3.05, 3.63) is 35.1 Å². The van der Waals surface area contributed by atoms with Crippen molar-refractivity contribution in [3.63, 3.8) is 0 Å². The van der Waals surface area contributed by atoms with Crippen molar-refractivity contribution in [3.8, 4) is 0 Å². The van der Waals surface area contributed by atoms with Crippen LogP contribution in [0, 0.1) is 11.7 Å². The molecule has 0 aromatic carbocycles. The Morgan fingerprint density at radius 3 is 2.61 bits per heavy atom. The Hall–Kier alpha value is -2.14. The SMILES string of the molecule is CC(=O)Nc1ncc(CN2CC(Cc3ncc(F)cn3)CCC2C(F)(F)F)s1. The van der Waals surface area contributed by atoms with E-state index >= 15 is 0 Å². The Morgan fingerprint density at radius 1 is 1.25 bits per heavy atom. The largest absolute Gasteiger partial charge is 0.404 e. The topological polar surface area (TPSA) is 71.0 Å². The number of nitrogens with zero attached hydrogens (tertiary/aromatic N) is 4. The summed E-state index contributed by atoms with van der Waals surface area (Å²) in [6, 6.07) is -1.54.